The summed E-state index contributed by atoms with van der Waals surface area (Å²) in [5.74, 6) is -0.620. The van der Waals surface area contributed by atoms with Gasteiger partial charge in [-0.25, -0.2) is 17.2 Å². The maximum Gasteiger partial charge on any atom is 0.275 e. The molecule has 1 fully saturated rings. The molecule has 2 rings (SSSR count). The lowest BCUT2D eigenvalue weighted by atomic mass is 10.2. The third kappa shape index (κ3) is 2.16. The molecule has 6 heteroatoms. The zero-order valence-electron chi connectivity index (χ0n) is 8.73. The van der Waals surface area contributed by atoms with Crippen molar-refractivity contribution in [3.05, 3.63) is 29.8 Å². The van der Waals surface area contributed by atoms with Gasteiger partial charge in [-0.1, -0.05) is 12.0 Å². The molecule has 0 aliphatic carbocycles. The number of benzene rings is 1. The van der Waals surface area contributed by atoms with E-state index in [0.29, 0.717) is 5.56 Å². The van der Waals surface area contributed by atoms with E-state index in [1.165, 1.54) is 18.2 Å². The Kier molecular flexibility index (Phi) is 2.68. The molecule has 1 aliphatic rings. The maximum atomic E-state index is 12.6. The molecule has 0 atom stereocenters. The van der Waals surface area contributed by atoms with Gasteiger partial charge in [0.1, 0.15) is 0 Å². The lowest BCUT2D eigenvalue weighted by Gasteiger charge is -2.37. The van der Waals surface area contributed by atoms with E-state index in [1.807, 2.05) is 0 Å². The van der Waals surface area contributed by atoms with Crippen LogP contribution in [0.4, 0.5) is 8.78 Å². The molecule has 1 aromatic carbocycles. The quantitative estimate of drug-likeness (QED) is 0.749. The van der Waals surface area contributed by atoms with Crippen LogP contribution in [0.15, 0.2) is 29.2 Å². The second-order valence-corrected chi connectivity index (χ2v) is 5.74. The minimum Gasteiger partial charge on any atom is -0.207 e. The highest BCUT2D eigenvalue weighted by atomic mass is 32.2. The fourth-order valence-corrected chi connectivity index (χ4v) is 3.08. The predicted octanol–water partition coefficient (Wildman–Crippen LogP) is 1.31. The van der Waals surface area contributed by atoms with Crippen molar-refractivity contribution < 1.29 is 17.2 Å². The lowest BCUT2D eigenvalue weighted by Crippen LogP contribution is -2.58. The summed E-state index contributed by atoms with van der Waals surface area (Å²) in [6.07, 6.45) is 5.15. The van der Waals surface area contributed by atoms with E-state index in [0.717, 1.165) is 4.31 Å². The Morgan fingerprint density at radius 3 is 2.53 bits per heavy atom. The molecule has 0 radical (unpaired) electrons. The second-order valence-electron chi connectivity index (χ2n) is 3.80. The summed E-state index contributed by atoms with van der Waals surface area (Å²) in [6.45, 7) is -1.54. The second kappa shape index (κ2) is 3.79. The average molecular weight is 257 g/mol. The summed E-state index contributed by atoms with van der Waals surface area (Å²) < 4.78 is 49.8. The lowest BCUT2D eigenvalue weighted by molar-refractivity contribution is -0.0945. The van der Waals surface area contributed by atoms with Crippen molar-refractivity contribution in [2.24, 2.45) is 0 Å². The first-order valence-corrected chi connectivity index (χ1v) is 6.24. The average Bonchev–Trinajstić information content (AvgIpc) is 2.26. The minimum atomic E-state index is -3.85. The van der Waals surface area contributed by atoms with Crippen molar-refractivity contribution in [2.45, 2.75) is 10.8 Å². The van der Waals surface area contributed by atoms with E-state index in [2.05, 4.69) is 5.92 Å². The molecule has 0 spiro atoms. The number of hydrogen-bond acceptors (Lipinski definition) is 2. The van der Waals surface area contributed by atoms with Gasteiger partial charge in [0.2, 0.25) is 10.0 Å². The zero-order chi connectivity index (χ0) is 12.7. The predicted molar refractivity (Wildman–Crippen MR) is 58.1 cm³/mol. The van der Waals surface area contributed by atoms with Gasteiger partial charge in [0, 0.05) is 5.56 Å². The van der Waals surface area contributed by atoms with E-state index in [1.54, 1.807) is 6.07 Å². The Bertz CT molecular complexity index is 582. The third-order valence-corrected chi connectivity index (χ3v) is 4.24. The molecule has 0 saturated carbocycles. The van der Waals surface area contributed by atoms with E-state index in [9.17, 15) is 17.2 Å². The van der Waals surface area contributed by atoms with Crippen LogP contribution in [0, 0.1) is 12.3 Å². The van der Waals surface area contributed by atoms with Gasteiger partial charge in [0.25, 0.3) is 5.92 Å². The molecule has 0 N–H and O–H groups in total. The number of terminal acetylenes is 1. The Balaban J connectivity index is 2.31. The summed E-state index contributed by atoms with van der Waals surface area (Å²) in [5.41, 5.74) is 0.401. The fraction of sp³-hybridized carbons (Fsp3) is 0.273. The summed E-state index contributed by atoms with van der Waals surface area (Å²) in [6, 6.07) is 5.70. The Hall–Kier alpha value is -1.45. The Morgan fingerprint density at radius 1 is 1.35 bits per heavy atom. The number of sulfonamides is 1. The van der Waals surface area contributed by atoms with Crippen LogP contribution in [0.25, 0.3) is 0 Å². The molecule has 1 heterocycles. The number of nitrogens with zero attached hydrogens (tertiary/aromatic N) is 1. The molecular weight excluding hydrogens is 248 g/mol. The molecule has 0 aromatic heterocycles. The topological polar surface area (TPSA) is 37.4 Å². The molecule has 3 nitrogen and oxygen atoms in total. The van der Waals surface area contributed by atoms with Gasteiger partial charge >= 0.3 is 0 Å². The number of hydrogen-bond donors (Lipinski definition) is 0. The number of halogens is 2. The van der Waals surface area contributed by atoms with Crippen molar-refractivity contribution in [2.75, 3.05) is 13.1 Å². The van der Waals surface area contributed by atoms with Crippen LogP contribution >= 0.6 is 0 Å². The van der Waals surface area contributed by atoms with Gasteiger partial charge in [0.15, 0.2) is 0 Å². The molecule has 0 bridgehead atoms. The van der Waals surface area contributed by atoms with Crippen LogP contribution in [0.3, 0.4) is 0 Å². The smallest absolute Gasteiger partial charge is 0.207 e. The van der Waals surface area contributed by atoms with Crippen molar-refractivity contribution in [3.8, 4) is 12.3 Å². The molecule has 17 heavy (non-hydrogen) atoms. The van der Waals surface area contributed by atoms with Gasteiger partial charge in [-0.3, -0.25) is 0 Å². The van der Waals surface area contributed by atoms with Crippen LogP contribution in [0.5, 0.6) is 0 Å². The van der Waals surface area contributed by atoms with E-state index >= 15 is 0 Å². The normalized spacial score (nSPS) is 19.4. The third-order valence-electron chi connectivity index (χ3n) is 2.45. The molecule has 0 amide bonds. The SMILES string of the molecule is C#Cc1cccc(S(=O)(=O)N2CC(F)(F)C2)c1. The molecule has 1 aromatic rings. The first kappa shape index (κ1) is 12.0. The van der Waals surface area contributed by atoms with Crippen LogP contribution in [0.2, 0.25) is 0 Å². The molecule has 1 aliphatic heterocycles. The van der Waals surface area contributed by atoms with E-state index in [-0.39, 0.29) is 4.90 Å². The highest BCUT2D eigenvalue weighted by Gasteiger charge is 2.49. The maximum absolute atomic E-state index is 12.6. The van der Waals surface area contributed by atoms with Crippen molar-refractivity contribution in [1.29, 1.82) is 0 Å². The summed E-state index contributed by atoms with van der Waals surface area (Å²) >= 11 is 0. The number of rotatable bonds is 2. The van der Waals surface area contributed by atoms with Gasteiger partial charge in [-0.15, -0.1) is 6.42 Å². The standard InChI is InChI=1S/C11H9F2NO2S/c1-2-9-4-3-5-10(6-9)17(15,16)14-7-11(12,13)8-14/h1,3-6H,7-8H2. The van der Waals surface area contributed by atoms with E-state index in [4.69, 9.17) is 6.42 Å². The summed E-state index contributed by atoms with van der Waals surface area (Å²) in [7, 11) is -3.85. The van der Waals surface area contributed by atoms with Gasteiger partial charge in [0.05, 0.1) is 18.0 Å². The molecule has 1 saturated heterocycles. The Labute approximate surface area is 98.1 Å². The van der Waals surface area contributed by atoms with Crippen molar-refractivity contribution in [1.82, 2.24) is 4.31 Å². The van der Waals surface area contributed by atoms with E-state index < -0.39 is 29.0 Å². The Morgan fingerprint density at radius 2 is 2.00 bits per heavy atom. The van der Waals surface area contributed by atoms with Gasteiger partial charge < -0.3 is 0 Å². The highest BCUT2D eigenvalue weighted by Crippen LogP contribution is 2.32. The molecule has 90 valence electrons. The fourth-order valence-electron chi connectivity index (χ4n) is 1.54. The molecular formula is C11H9F2NO2S. The zero-order valence-corrected chi connectivity index (χ0v) is 9.55. The van der Waals surface area contributed by atoms with Crippen LogP contribution in [-0.2, 0) is 10.0 Å². The molecule has 0 unspecified atom stereocenters. The summed E-state index contributed by atoms with van der Waals surface area (Å²) in [5, 5.41) is 0. The van der Waals surface area contributed by atoms with Crippen molar-refractivity contribution in [3.63, 3.8) is 0 Å². The van der Waals surface area contributed by atoms with Crippen molar-refractivity contribution >= 4 is 10.0 Å². The monoisotopic (exact) mass is 257 g/mol. The van der Waals surface area contributed by atoms with Crippen LogP contribution in [-0.4, -0.2) is 31.7 Å². The van der Waals surface area contributed by atoms with Crippen LogP contribution in [0.1, 0.15) is 5.56 Å². The number of alkyl halides is 2. The summed E-state index contributed by atoms with van der Waals surface area (Å²) in [4.78, 5) is -0.0524. The van der Waals surface area contributed by atoms with Gasteiger partial charge in [-0.05, 0) is 18.2 Å². The largest absolute Gasteiger partial charge is 0.275 e. The minimum absolute atomic E-state index is 0.0524. The first-order chi connectivity index (χ1) is 7.85. The van der Waals surface area contributed by atoms with Crippen LogP contribution < -0.4 is 0 Å². The highest BCUT2D eigenvalue weighted by molar-refractivity contribution is 7.89. The van der Waals surface area contributed by atoms with Gasteiger partial charge in [-0.2, -0.15) is 4.31 Å². The first-order valence-electron chi connectivity index (χ1n) is 4.80.